The first-order chi connectivity index (χ1) is 11.7. The molecule has 0 aromatic heterocycles. The minimum absolute atomic E-state index is 0.174. The molecule has 5 unspecified atom stereocenters. The first kappa shape index (κ1) is 18.3. The fourth-order valence-electron chi connectivity index (χ4n) is 3.54. The van der Waals surface area contributed by atoms with E-state index >= 15 is 0 Å². The van der Waals surface area contributed by atoms with Crippen LogP contribution >= 0.6 is 0 Å². The van der Waals surface area contributed by atoms with Crippen LogP contribution in [0.3, 0.4) is 0 Å². The summed E-state index contributed by atoms with van der Waals surface area (Å²) < 4.78 is 22.7. The first-order valence-electron chi connectivity index (χ1n) is 8.43. The maximum Gasteiger partial charge on any atom is 0.319 e. The van der Waals surface area contributed by atoms with Crippen molar-refractivity contribution in [2.75, 3.05) is 18.1 Å². The van der Waals surface area contributed by atoms with Crippen LogP contribution in [0.4, 0.5) is 0 Å². The Labute approximate surface area is 149 Å². The number of esters is 1. The zero-order valence-electron chi connectivity index (χ0n) is 14.6. The fourth-order valence-corrected chi connectivity index (χ4v) is 4.46. The summed E-state index contributed by atoms with van der Waals surface area (Å²) >= 11 is 0. The zero-order chi connectivity index (χ0) is 18.4. The van der Waals surface area contributed by atoms with Crippen molar-refractivity contribution in [2.24, 2.45) is 11.8 Å². The van der Waals surface area contributed by atoms with E-state index in [2.05, 4.69) is 0 Å². The third-order valence-corrected chi connectivity index (χ3v) is 5.76. The molecule has 0 N–H and O–H groups in total. The molecular weight excluding hydrogens is 346 g/mol. The number of likely N-dealkylation sites (tertiary alicyclic amines) is 1. The summed E-state index contributed by atoms with van der Waals surface area (Å²) in [5.74, 6) is -1.66. The van der Waals surface area contributed by atoms with E-state index in [1.807, 2.05) is 12.2 Å². The van der Waals surface area contributed by atoms with E-state index in [4.69, 9.17) is 9.47 Å². The van der Waals surface area contributed by atoms with Gasteiger partial charge in [0.15, 0.2) is 0 Å². The molecule has 0 aliphatic carbocycles. The van der Waals surface area contributed by atoms with Crippen molar-refractivity contribution in [2.45, 2.75) is 45.0 Å². The van der Waals surface area contributed by atoms with Crippen LogP contribution in [-0.2, 0) is 34.7 Å². The molecule has 3 rings (SSSR count). The Kier molecular flexibility index (Phi) is 4.85. The third kappa shape index (κ3) is 3.69. The second kappa shape index (κ2) is 6.64. The molecule has 7 nitrogen and oxygen atoms in total. The summed E-state index contributed by atoms with van der Waals surface area (Å²) in [5.41, 5.74) is -0.608. The van der Waals surface area contributed by atoms with Gasteiger partial charge < -0.3 is 9.47 Å². The van der Waals surface area contributed by atoms with Crippen molar-refractivity contribution in [1.29, 1.82) is 0 Å². The fraction of sp³-hybridized carbons (Fsp3) is 0.706. The van der Waals surface area contributed by atoms with Crippen molar-refractivity contribution in [1.82, 2.24) is 4.90 Å². The molecule has 138 valence electrons. The molecule has 2 bridgehead atoms. The molecule has 2 saturated heterocycles. The van der Waals surface area contributed by atoms with Gasteiger partial charge in [-0.25, -0.2) is 0 Å². The Morgan fingerprint density at radius 3 is 2.28 bits per heavy atom. The molecule has 3 heterocycles. The number of amides is 2. The van der Waals surface area contributed by atoms with Crippen molar-refractivity contribution >= 4 is 28.6 Å². The Bertz CT molecular complexity index is 622. The second-order valence-corrected chi connectivity index (χ2v) is 9.13. The summed E-state index contributed by atoms with van der Waals surface area (Å²) in [6.07, 6.45) is 3.50. The highest BCUT2D eigenvalue weighted by Crippen LogP contribution is 2.44. The van der Waals surface area contributed by atoms with Gasteiger partial charge in [-0.1, -0.05) is 12.2 Å². The molecule has 0 saturated carbocycles. The van der Waals surface area contributed by atoms with Crippen LogP contribution in [0.2, 0.25) is 0 Å². The number of rotatable bonds is 6. The van der Waals surface area contributed by atoms with Crippen LogP contribution in [0.15, 0.2) is 12.2 Å². The Balaban J connectivity index is 1.45. The zero-order valence-corrected chi connectivity index (χ0v) is 15.4. The summed E-state index contributed by atoms with van der Waals surface area (Å²) in [7, 11) is -1.38. The lowest BCUT2D eigenvalue weighted by Crippen LogP contribution is -2.36. The molecule has 8 heteroatoms. The average Bonchev–Trinajstić information content (AvgIpc) is 3.14. The van der Waals surface area contributed by atoms with Gasteiger partial charge in [-0.05, 0) is 27.2 Å². The number of nitrogens with zero attached hydrogens (tertiary/aromatic N) is 1. The van der Waals surface area contributed by atoms with E-state index in [9.17, 15) is 18.6 Å². The standard InChI is InChI=1S/C17H23NO6S/c1-17(2,3)24-12(19)9-25(22)8-4-7-18-15(20)13-10-5-6-11(23-10)14(13)16(18)21/h5-6,10-11,13-14H,4,7-9H2,1-3H3. The third-order valence-electron chi connectivity index (χ3n) is 4.45. The molecule has 3 aliphatic rings. The lowest BCUT2D eigenvalue weighted by atomic mass is 9.85. The van der Waals surface area contributed by atoms with Crippen molar-refractivity contribution in [3.05, 3.63) is 12.2 Å². The predicted octanol–water partition coefficient (Wildman–Crippen LogP) is 0.405. The van der Waals surface area contributed by atoms with E-state index in [1.54, 1.807) is 20.8 Å². The maximum atomic E-state index is 12.4. The number of hydrogen-bond acceptors (Lipinski definition) is 6. The molecule has 0 aromatic rings. The van der Waals surface area contributed by atoms with E-state index in [0.29, 0.717) is 6.42 Å². The molecule has 3 aliphatic heterocycles. The topological polar surface area (TPSA) is 90.0 Å². The SMILES string of the molecule is CC(C)(C)OC(=O)CS(=O)CCCN1C(=O)C2C3C=CC(O3)C2C1=O. The van der Waals surface area contributed by atoms with Crippen LogP contribution in [0.5, 0.6) is 0 Å². The van der Waals surface area contributed by atoms with E-state index in [1.165, 1.54) is 4.90 Å². The highest BCUT2D eigenvalue weighted by atomic mass is 32.2. The van der Waals surface area contributed by atoms with Crippen molar-refractivity contribution in [3.63, 3.8) is 0 Å². The summed E-state index contributed by atoms with van der Waals surface area (Å²) in [4.78, 5) is 37.8. The van der Waals surface area contributed by atoms with Gasteiger partial charge >= 0.3 is 5.97 Å². The molecule has 0 spiro atoms. The highest BCUT2D eigenvalue weighted by Gasteiger charge is 2.60. The van der Waals surface area contributed by atoms with E-state index < -0.39 is 34.2 Å². The number of carbonyl (C=O) groups is 3. The van der Waals surface area contributed by atoms with Gasteiger partial charge in [-0.2, -0.15) is 0 Å². The number of carbonyl (C=O) groups excluding carboxylic acids is 3. The van der Waals surface area contributed by atoms with E-state index in [0.717, 1.165) is 0 Å². The number of fused-ring (bicyclic) bond motifs is 5. The van der Waals surface area contributed by atoms with Gasteiger partial charge in [0.2, 0.25) is 11.8 Å². The van der Waals surface area contributed by atoms with Gasteiger partial charge in [-0.15, -0.1) is 0 Å². The molecular formula is C17H23NO6S. The number of imide groups is 1. The molecule has 2 fully saturated rings. The summed E-state index contributed by atoms with van der Waals surface area (Å²) in [5, 5.41) is 0. The largest absolute Gasteiger partial charge is 0.459 e. The van der Waals surface area contributed by atoms with Crippen LogP contribution in [0.25, 0.3) is 0 Å². The monoisotopic (exact) mass is 369 g/mol. The van der Waals surface area contributed by atoms with Gasteiger partial charge in [-0.3, -0.25) is 23.5 Å². The van der Waals surface area contributed by atoms with Gasteiger partial charge in [0.1, 0.15) is 11.4 Å². The minimum Gasteiger partial charge on any atom is -0.459 e. The maximum absolute atomic E-state index is 12.4. The lowest BCUT2D eigenvalue weighted by molar-refractivity contribution is -0.151. The predicted molar refractivity (Wildman–Crippen MR) is 89.8 cm³/mol. The Morgan fingerprint density at radius 1 is 1.20 bits per heavy atom. The molecule has 2 amide bonds. The second-order valence-electron chi connectivity index (χ2n) is 7.56. The average molecular weight is 369 g/mol. The van der Waals surface area contributed by atoms with Crippen LogP contribution < -0.4 is 0 Å². The van der Waals surface area contributed by atoms with Gasteiger partial charge in [0.05, 0.1) is 24.0 Å². The van der Waals surface area contributed by atoms with Gasteiger partial charge in [0, 0.05) is 23.1 Å². The minimum atomic E-state index is -1.38. The number of hydrogen-bond donors (Lipinski definition) is 0. The highest BCUT2D eigenvalue weighted by molar-refractivity contribution is 7.85. The molecule has 0 aromatic carbocycles. The lowest BCUT2D eigenvalue weighted by Gasteiger charge is -2.19. The molecule has 0 radical (unpaired) electrons. The quantitative estimate of drug-likeness (QED) is 0.383. The normalized spacial score (nSPS) is 31.6. The summed E-state index contributed by atoms with van der Waals surface area (Å²) in [6.45, 7) is 5.48. The van der Waals surface area contributed by atoms with Crippen molar-refractivity contribution in [3.8, 4) is 0 Å². The van der Waals surface area contributed by atoms with Crippen LogP contribution in [0, 0.1) is 11.8 Å². The van der Waals surface area contributed by atoms with Crippen molar-refractivity contribution < 1.29 is 28.1 Å². The molecule has 25 heavy (non-hydrogen) atoms. The number of ether oxygens (including phenoxy) is 2. The summed E-state index contributed by atoms with van der Waals surface area (Å²) in [6, 6.07) is 0. The Morgan fingerprint density at radius 2 is 1.76 bits per heavy atom. The van der Waals surface area contributed by atoms with Crippen LogP contribution in [0.1, 0.15) is 27.2 Å². The first-order valence-corrected chi connectivity index (χ1v) is 9.92. The van der Waals surface area contributed by atoms with Crippen LogP contribution in [-0.4, -0.2) is 62.8 Å². The Hall–Kier alpha value is -1.54. The van der Waals surface area contributed by atoms with Gasteiger partial charge in [0.25, 0.3) is 0 Å². The smallest absolute Gasteiger partial charge is 0.319 e. The van der Waals surface area contributed by atoms with E-state index in [-0.39, 0.29) is 42.1 Å². The molecule has 5 atom stereocenters.